The SMILES string of the molecule is O=C(O)COC12C#C/C=C\C#CC3N(C(=O)Oc4ccccc4)c4ccccc4C14OC34CCC2. The topological polar surface area (TPSA) is 88.6 Å². The minimum absolute atomic E-state index is 0.419. The molecule has 35 heavy (non-hydrogen) atoms. The summed E-state index contributed by atoms with van der Waals surface area (Å²) >= 11 is 0. The first-order valence-corrected chi connectivity index (χ1v) is 11.4. The molecule has 2 aromatic carbocycles. The number of anilines is 1. The number of aliphatic carboxylic acids is 1. The molecule has 2 aliphatic carbocycles. The van der Waals surface area contributed by atoms with Crippen molar-refractivity contribution in [1.82, 2.24) is 0 Å². The van der Waals surface area contributed by atoms with E-state index in [0.717, 1.165) is 0 Å². The number of carboxylic acid groups (broad SMARTS) is 1. The lowest BCUT2D eigenvalue weighted by Crippen LogP contribution is -2.63. The van der Waals surface area contributed by atoms with Gasteiger partial charge in [-0.1, -0.05) is 60.1 Å². The summed E-state index contributed by atoms with van der Waals surface area (Å²) in [5, 5.41) is 9.42. The van der Waals surface area contributed by atoms with Crippen LogP contribution in [-0.4, -0.2) is 41.0 Å². The molecule has 1 saturated heterocycles. The molecule has 4 bridgehead atoms. The van der Waals surface area contributed by atoms with Gasteiger partial charge < -0.3 is 19.3 Å². The number of carboxylic acids is 1. The molecular weight excluding hydrogens is 446 g/mol. The Morgan fingerprint density at radius 3 is 2.66 bits per heavy atom. The molecule has 2 aromatic rings. The Kier molecular flexibility index (Phi) is 4.76. The summed E-state index contributed by atoms with van der Waals surface area (Å²) in [6, 6.07) is 15.6. The van der Waals surface area contributed by atoms with Gasteiger partial charge >= 0.3 is 12.1 Å². The molecule has 4 aliphatic rings. The second kappa shape index (κ2) is 7.74. The van der Waals surface area contributed by atoms with Crippen LogP contribution in [0.3, 0.4) is 0 Å². The summed E-state index contributed by atoms with van der Waals surface area (Å²) in [4.78, 5) is 26.7. The van der Waals surface area contributed by atoms with Gasteiger partial charge in [-0.05, 0) is 49.6 Å². The third-order valence-electron chi connectivity index (χ3n) is 7.11. The van der Waals surface area contributed by atoms with Gasteiger partial charge in [0.25, 0.3) is 0 Å². The summed E-state index contributed by atoms with van der Waals surface area (Å²) in [5.74, 6) is 11.7. The molecule has 2 heterocycles. The molecule has 174 valence electrons. The molecule has 6 rings (SSSR count). The van der Waals surface area contributed by atoms with Crippen molar-refractivity contribution < 1.29 is 28.9 Å². The summed E-state index contributed by atoms with van der Waals surface area (Å²) in [6.45, 7) is -0.516. The zero-order valence-electron chi connectivity index (χ0n) is 18.7. The van der Waals surface area contributed by atoms with Gasteiger partial charge in [0.1, 0.15) is 24.0 Å². The van der Waals surface area contributed by atoms with E-state index in [9.17, 15) is 14.7 Å². The zero-order valence-corrected chi connectivity index (χ0v) is 18.7. The first-order valence-electron chi connectivity index (χ1n) is 11.4. The number of benzene rings is 2. The maximum atomic E-state index is 13.6. The lowest BCUT2D eigenvalue weighted by atomic mass is 9.61. The molecule has 2 aliphatic heterocycles. The number of epoxide rings is 1. The minimum atomic E-state index is -1.21. The number of ether oxygens (including phenoxy) is 3. The summed E-state index contributed by atoms with van der Waals surface area (Å²) in [6.07, 6.45) is 4.41. The van der Waals surface area contributed by atoms with E-state index in [1.165, 1.54) is 0 Å². The number of carbonyl (C=O) groups excluding carboxylic acids is 1. The minimum Gasteiger partial charge on any atom is -0.480 e. The lowest BCUT2D eigenvalue weighted by molar-refractivity contribution is -0.152. The third kappa shape index (κ3) is 2.96. The fraction of sp³-hybridized carbons (Fsp3) is 0.286. The maximum absolute atomic E-state index is 13.6. The fourth-order valence-electron chi connectivity index (χ4n) is 5.83. The summed E-state index contributed by atoms with van der Waals surface area (Å²) < 4.78 is 18.5. The number of hydrogen-bond acceptors (Lipinski definition) is 5. The number of rotatable bonds is 4. The van der Waals surface area contributed by atoms with Crippen LogP contribution in [0, 0.1) is 23.7 Å². The number of para-hydroxylation sites is 2. The quantitative estimate of drug-likeness (QED) is 0.546. The van der Waals surface area contributed by atoms with Crippen LogP contribution in [0.25, 0.3) is 0 Å². The van der Waals surface area contributed by atoms with Crippen molar-refractivity contribution in [2.24, 2.45) is 0 Å². The van der Waals surface area contributed by atoms with Crippen molar-refractivity contribution in [2.75, 3.05) is 11.5 Å². The van der Waals surface area contributed by atoms with E-state index in [4.69, 9.17) is 14.2 Å². The molecule has 7 heteroatoms. The number of nitrogens with zero attached hydrogens (tertiary/aromatic N) is 1. The van der Waals surface area contributed by atoms with Crippen LogP contribution in [0.15, 0.2) is 66.7 Å². The smallest absolute Gasteiger partial charge is 0.420 e. The van der Waals surface area contributed by atoms with E-state index < -0.39 is 41.5 Å². The number of carbonyl (C=O) groups is 2. The van der Waals surface area contributed by atoms with Crippen LogP contribution in [-0.2, 0) is 19.9 Å². The van der Waals surface area contributed by atoms with E-state index in [1.807, 2.05) is 30.3 Å². The van der Waals surface area contributed by atoms with E-state index in [1.54, 1.807) is 41.3 Å². The summed E-state index contributed by atoms with van der Waals surface area (Å²) in [5.41, 5.74) is -1.90. The average molecular weight is 467 g/mol. The van der Waals surface area contributed by atoms with Crippen LogP contribution in [0.5, 0.6) is 5.75 Å². The largest absolute Gasteiger partial charge is 0.480 e. The third-order valence-corrected chi connectivity index (χ3v) is 7.11. The lowest BCUT2D eigenvalue weighted by Gasteiger charge is -2.47. The molecular formula is C28H21NO6. The average Bonchev–Trinajstić information content (AvgIpc) is 3.58. The first-order chi connectivity index (χ1) is 17.0. The highest BCUT2D eigenvalue weighted by molar-refractivity contribution is 5.94. The normalized spacial score (nSPS) is 31.8. The highest BCUT2D eigenvalue weighted by atomic mass is 16.7. The predicted octanol–water partition coefficient (Wildman–Crippen LogP) is 3.64. The highest BCUT2D eigenvalue weighted by Crippen LogP contribution is 2.74. The van der Waals surface area contributed by atoms with Crippen LogP contribution >= 0.6 is 0 Å². The van der Waals surface area contributed by atoms with Crippen molar-refractivity contribution in [2.45, 2.75) is 42.1 Å². The van der Waals surface area contributed by atoms with E-state index >= 15 is 0 Å². The number of allylic oxidation sites excluding steroid dienone is 2. The zero-order chi connectivity index (χ0) is 24.1. The second-order valence-corrected chi connectivity index (χ2v) is 8.90. The van der Waals surface area contributed by atoms with Gasteiger partial charge in [0.05, 0.1) is 5.69 Å². The number of amides is 1. The standard InChI is InChI=1S/C28H21NO6/c30-24(31)19-33-26-16-9-2-1-6-15-23-27(18-10-17-26)28(26,35-27)21-13-7-8-14-22(21)29(23)25(32)34-20-11-4-3-5-12-20/h1-5,7-8,11-14,23H,10,17-19H2,(H,30,31)/b2-1-. The van der Waals surface area contributed by atoms with Crippen LogP contribution in [0.4, 0.5) is 10.5 Å². The van der Waals surface area contributed by atoms with Crippen LogP contribution in [0.2, 0.25) is 0 Å². The van der Waals surface area contributed by atoms with Crippen LogP contribution < -0.4 is 9.64 Å². The molecule has 0 aromatic heterocycles. The summed E-state index contributed by atoms with van der Waals surface area (Å²) in [7, 11) is 0. The second-order valence-electron chi connectivity index (χ2n) is 8.90. The Balaban J connectivity index is 1.55. The molecule has 4 atom stereocenters. The first kappa shape index (κ1) is 21.5. The molecule has 2 fully saturated rings. The van der Waals surface area contributed by atoms with Gasteiger partial charge in [-0.15, -0.1) is 0 Å². The van der Waals surface area contributed by atoms with Crippen molar-refractivity contribution >= 4 is 17.7 Å². The van der Waals surface area contributed by atoms with Crippen molar-refractivity contribution in [3.8, 4) is 29.4 Å². The Morgan fingerprint density at radius 2 is 1.83 bits per heavy atom. The van der Waals surface area contributed by atoms with Gasteiger partial charge in [-0.2, -0.15) is 0 Å². The van der Waals surface area contributed by atoms with Gasteiger partial charge in [-0.25, -0.2) is 9.59 Å². The van der Waals surface area contributed by atoms with Crippen LogP contribution in [0.1, 0.15) is 24.8 Å². The molecule has 0 spiro atoms. The Labute approximate surface area is 202 Å². The van der Waals surface area contributed by atoms with Gasteiger partial charge in [0, 0.05) is 5.56 Å². The number of fused-ring (bicyclic) bond motifs is 1. The highest BCUT2D eigenvalue weighted by Gasteiger charge is 2.87. The fourth-order valence-corrected chi connectivity index (χ4v) is 5.83. The predicted molar refractivity (Wildman–Crippen MR) is 126 cm³/mol. The maximum Gasteiger partial charge on any atom is 0.420 e. The van der Waals surface area contributed by atoms with E-state index in [0.29, 0.717) is 36.3 Å². The Morgan fingerprint density at radius 1 is 1.06 bits per heavy atom. The number of hydrogen-bond donors (Lipinski definition) is 1. The van der Waals surface area contributed by atoms with Crippen molar-refractivity contribution in [1.29, 1.82) is 0 Å². The van der Waals surface area contributed by atoms with Crippen molar-refractivity contribution in [3.05, 3.63) is 72.3 Å². The van der Waals surface area contributed by atoms with E-state index in [2.05, 4.69) is 23.7 Å². The molecule has 1 amide bonds. The Bertz CT molecular complexity index is 1380. The van der Waals surface area contributed by atoms with Crippen molar-refractivity contribution in [3.63, 3.8) is 0 Å². The molecule has 1 saturated carbocycles. The monoisotopic (exact) mass is 467 g/mol. The molecule has 4 unspecified atom stereocenters. The van der Waals surface area contributed by atoms with Gasteiger partial charge in [0.2, 0.25) is 0 Å². The molecule has 0 radical (unpaired) electrons. The van der Waals surface area contributed by atoms with E-state index in [-0.39, 0.29) is 0 Å². The Hall–Kier alpha value is -4.04. The van der Waals surface area contributed by atoms with Gasteiger partial charge in [-0.3, -0.25) is 4.90 Å². The molecule has 7 nitrogen and oxygen atoms in total. The van der Waals surface area contributed by atoms with Gasteiger partial charge in [0.15, 0.2) is 11.2 Å². The molecule has 1 N–H and O–H groups in total.